The Morgan fingerprint density at radius 1 is 1.10 bits per heavy atom. The molecule has 3 nitrogen and oxygen atoms in total. The lowest BCUT2D eigenvalue weighted by Gasteiger charge is -2.36. The summed E-state index contributed by atoms with van der Waals surface area (Å²) < 4.78 is 12.0. The Bertz CT molecular complexity index is 338. The van der Waals surface area contributed by atoms with E-state index in [4.69, 9.17) is 9.47 Å². The van der Waals surface area contributed by atoms with E-state index < -0.39 is 0 Å². The van der Waals surface area contributed by atoms with Gasteiger partial charge >= 0.3 is 0 Å². The highest BCUT2D eigenvalue weighted by atomic mass is 16.5. The molecule has 3 heteroatoms. The first kappa shape index (κ1) is 15.8. The molecule has 1 spiro atoms. The topological polar surface area (TPSA) is 21.7 Å². The molecule has 3 rings (SSSR count). The van der Waals surface area contributed by atoms with Crippen LogP contribution in [0.4, 0.5) is 0 Å². The Morgan fingerprint density at radius 3 is 2.57 bits per heavy atom. The van der Waals surface area contributed by atoms with Gasteiger partial charge in [0.2, 0.25) is 0 Å². The SMILES string of the molecule is CC(C)[C@@H](C)OC1CCCC1N1CCC2(CCOCC2)C1. The van der Waals surface area contributed by atoms with Crippen LogP contribution in [0.5, 0.6) is 0 Å². The summed E-state index contributed by atoms with van der Waals surface area (Å²) in [5, 5.41) is 0. The van der Waals surface area contributed by atoms with Crippen molar-refractivity contribution in [2.24, 2.45) is 11.3 Å². The minimum atomic E-state index is 0.384. The maximum Gasteiger partial charge on any atom is 0.0734 e. The summed E-state index contributed by atoms with van der Waals surface area (Å²) in [4.78, 5) is 2.76. The summed E-state index contributed by atoms with van der Waals surface area (Å²) in [6.07, 6.45) is 8.70. The molecular formula is C18H33NO2. The van der Waals surface area contributed by atoms with E-state index in [-0.39, 0.29) is 0 Å². The van der Waals surface area contributed by atoms with Gasteiger partial charge in [0, 0.05) is 25.8 Å². The number of hydrogen-bond acceptors (Lipinski definition) is 3. The number of nitrogens with zero attached hydrogens (tertiary/aromatic N) is 1. The largest absolute Gasteiger partial charge is 0.381 e. The predicted octanol–water partition coefficient (Wildman–Crippen LogP) is 3.47. The van der Waals surface area contributed by atoms with Crippen molar-refractivity contribution < 1.29 is 9.47 Å². The highest BCUT2D eigenvalue weighted by molar-refractivity contribution is 4.97. The van der Waals surface area contributed by atoms with Crippen LogP contribution in [0.25, 0.3) is 0 Å². The van der Waals surface area contributed by atoms with Crippen LogP contribution < -0.4 is 0 Å². The average molecular weight is 295 g/mol. The van der Waals surface area contributed by atoms with Gasteiger partial charge < -0.3 is 9.47 Å². The summed E-state index contributed by atoms with van der Waals surface area (Å²) in [5.74, 6) is 0.617. The minimum absolute atomic E-state index is 0.384. The fraction of sp³-hybridized carbons (Fsp3) is 1.00. The monoisotopic (exact) mass is 295 g/mol. The summed E-state index contributed by atoms with van der Waals surface area (Å²) in [6, 6.07) is 0.674. The quantitative estimate of drug-likeness (QED) is 0.792. The van der Waals surface area contributed by atoms with Gasteiger partial charge in [-0.1, -0.05) is 13.8 Å². The van der Waals surface area contributed by atoms with Crippen LogP contribution in [0, 0.1) is 11.3 Å². The lowest BCUT2D eigenvalue weighted by Crippen LogP contribution is -2.43. The van der Waals surface area contributed by atoms with Crippen molar-refractivity contribution in [3.63, 3.8) is 0 Å². The third-order valence-electron chi connectivity index (χ3n) is 6.24. The van der Waals surface area contributed by atoms with E-state index in [0.717, 1.165) is 13.2 Å². The zero-order valence-corrected chi connectivity index (χ0v) is 14.1. The second-order valence-corrected chi connectivity index (χ2v) is 7.95. The molecule has 3 aliphatic rings. The smallest absolute Gasteiger partial charge is 0.0734 e. The Labute approximate surface area is 130 Å². The van der Waals surface area contributed by atoms with Crippen LogP contribution >= 0.6 is 0 Å². The van der Waals surface area contributed by atoms with E-state index >= 15 is 0 Å². The van der Waals surface area contributed by atoms with Crippen LogP contribution in [0.1, 0.15) is 59.3 Å². The molecule has 0 aromatic rings. The van der Waals surface area contributed by atoms with E-state index in [1.54, 1.807) is 0 Å². The standard InChI is InChI=1S/C18H33NO2/c1-14(2)15(3)21-17-6-4-5-16(17)19-10-7-18(13-19)8-11-20-12-9-18/h14-17H,4-13H2,1-3H3/t15-,16?,17?/m1/s1. The molecule has 3 fully saturated rings. The first-order valence-electron chi connectivity index (χ1n) is 9.07. The maximum atomic E-state index is 6.41. The third kappa shape index (κ3) is 3.46. The molecule has 0 aromatic carbocycles. The van der Waals surface area contributed by atoms with Gasteiger partial charge in [0.1, 0.15) is 0 Å². The zero-order chi connectivity index (χ0) is 14.9. The molecule has 2 unspecified atom stereocenters. The molecule has 0 aromatic heterocycles. The van der Waals surface area contributed by atoms with Crippen molar-refractivity contribution in [3.8, 4) is 0 Å². The van der Waals surface area contributed by atoms with E-state index in [1.807, 2.05) is 0 Å². The predicted molar refractivity (Wildman–Crippen MR) is 85.5 cm³/mol. The molecule has 2 saturated heterocycles. The highest BCUT2D eigenvalue weighted by Gasteiger charge is 2.44. The van der Waals surface area contributed by atoms with Gasteiger partial charge in [-0.25, -0.2) is 0 Å². The van der Waals surface area contributed by atoms with Crippen LogP contribution in [0.2, 0.25) is 0 Å². The zero-order valence-electron chi connectivity index (χ0n) is 14.1. The molecule has 1 saturated carbocycles. The summed E-state index contributed by atoms with van der Waals surface area (Å²) in [6.45, 7) is 11.3. The lowest BCUT2D eigenvalue weighted by molar-refractivity contribution is -0.0561. The Morgan fingerprint density at radius 2 is 1.86 bits per heavy atom. The minimum Gasteiger partial charge on any atom is -0.381 e. The van der Waals surface area contributed by atoms with Crippen molar-refractivity contribution in [2.75, 3.05) is 26.3 Å². The molecule has 2 heterocycles. The van der Waals surface area contributed by atoms with Crippen molar-refractivity contribution in [3.05, 3.63) is 0 Å². The lowest BCUT2D eigenvalue weighted by atomic mass is 9.79. The van der Waals surface area contributed by atoms with Gasteiger partial charge in [-0.3, -0.25) is 4.90 Å². The van der Waals surface area contributed by atoms with Crippen molar-refractivity contribution in [1.29, 1.82) is 0 Å². The molecule has 1 aliphatic carbocycles. The fourth-order valence-electron chi connectivity index (χ4n) is 4.38. The van der Waals surface area contributed by atoms with Crippen LogP contribution in [-0.2, 0) is 9.47 Å². The van der Waals surface area contributed by atoms with Gasteiger partial charge in [0.15, 0.2) is 0 Å². The number of ether oxygens (including phenoxy) is 2. The number of rotatable bonds is 4. The molecule has 0 bridgehead atoms. The van der Waals surface area contributed by atoms with Crippen molar-refractivity contribution in [1.82, 2.24) is 4.90 Å². The Balaban J connectivity index is 1.58. The summed E-state index contributed by atoms with van der Waals surface area (Å²) in [5.41, 5.74) is 0.565. The molecule has 2 aliphatic heterocycles. The van der Waals surface area contributed by atoms with Crippen molar-refractivity contribution in [2.45, 2.75) is 77.5 Å². The first-order valence-corrected chi connectivity index (χ1v) is 9.07. The highest BCUT2D eigenvalue weighted by Crippen LogP contribution is 2.42. The second kappa shape index (κ2) is 6.55. The van der Waals surface area contributed by atoms with Gasteiger partial charge in [-0.15, -0.1) is 0 Å². The average Bonchev–Trinajstić information content (AvgIpc) is 3.07. The molecule has 122 valence electrons. The molecule has 0 amide bonds. The third-order valence-corrected chi connectivity index (χ3v) is 6.24. The fourth-order valence-corrected chi connectivity index (χ4v) is 4.38. The van der Waals surface area contributed by atoms with E-state index in [9.17, 15) is 0 Å². The Hall–Kier alpha value is -0.120. The molecule has 3 atom stereocenters. The van der Waals surface area contributed by atoms with Gasteiger partial charge in [-0.2, -0.15) is 0 Å². The van der Waals surface area contributed by atoms with Crippen LogP contribution in [-0.4, -0.2) is 49.5 Å². The molecule has 21 heavy (non-hydrogen) atoms. The molecular weight excluding hydrogens is 262 g/mol. The normalized spacial score (nSPS) is 34.9. The van der Waals surface area contributed by atoms with Crippen molar-refractivity contribution >= 4 is 0 Å². The van der Waals surface area contributed by atoms with E-state index in [1.165, 1.54) is 51.6 Å². The van der Waals surface area contributed by atoms with Gasteiger partial charge in [0.25, 0.3) is 0 Å². The van der Waals surface area contributed by atoms with Gasteiger partial charge in [-0.05, 0) is 63.3 Å². The van der Waals surface area contributed by atoms with Gasteiger partial charge in [0.05, 0.1) is 12.2 Å². The molecule has 0 N–H and O–H groups in total. The summed E-state index contributed by atoms with van der Waals surface area (Å²) >= 11 is 0. The van der Waals surface area contributed by atoms with E-state index in [0.29, 0.717) is 29.6 Å². The van der Waals surface area contributed by atoms with E-state index in [2.05, 4.69) is 25.7 Å². The number of likely N-dealkylation sites (tertiary alicyclic amines) is 1. The first-order chi connectivity index (χ1) is 10.1. The van der Waals surface area contributed by atoms with Crippen LogP contribution in [0.3, 0.4) is 0 Å². The maximum absolute atomic E-state index is 6.41. The Kier molecular flexibility index (Phi) is 4.92. The number of hydrogen-bond donors (Lipinski definition) is 0. The summed E-state index contributed by atoms with van der Waals surface area (Å²) in [7, 11) is 0. The molecule has 0 radical (unpaired) electrons. The second-order valence-electron chi connectivity index (χ2n) is 7.95. The van der Waals surface area contributed by atoms with Crippen LogP contribution in [0.15, 0.2) is 0 Å².